The van der Waals surface area contributed by atoms with Gasteiger partial charge in [-0.3, -0.25) is 0 Å². The maximum Gasteiger partial charge on any atom is 0.317 e. The van der Waals surface area contributed by atoms with E-state index in [4.69, 9.17) is 0 Å². The van der Waals surface area contributed by atoms with Crippen LogP contribution in [0.25, 0.3) is 0 Å². The molecule has 2 amide bonds. The van der Waals surface area contributed by atoms with Gasteiger partial charge in [0.1, 0.15) is 5.82 Å². The average Bonchev–Trinajstić information content (AvgIpc) is 2.78. The number of benzene rings is 1. The van der Waals surface area contributed by atoms with E-state index in [9.17, 15) is 14.3 Å². The van der Waals surface area contributed by atoms with E-state index in [0.29, 0.717) is 25.4 Å². The van der Waals surface area contributed by atoms with E-state index in [1.165, 1.54) is 12.1 Å². The first-order chi connectivity index (χ1) is 15.2. The number of likely N-dealkylation sites (tertiary alicyclic amines) is 1. The minimum atomic E-state index is -0.325. The van der Waals surface area contributed by atoms with Crippen LogP contribution in [0.5, 0.6) is 0 Å². The molecule has 2 aliphatic heterocycles. The molecular formula is C24H40FN5O2. The summed E-state index contributed by atoms with van der Waals surface area (Å²) in [6.07, 6.45) is 3.45. The fourth-order valence-corrected chi connectivity index (χ4v) is 4.67. The third-order valence-electron chi connectivity index (χ3n) is 7.05. The topological polar surface area (TPSA) is 62.3 Å². The van der Waals surface area contributed by atoms with E-state index >= 15 is 0 Å². The van der Waals surface area contributed by atoms with Gasteiger partial charge in [0.25, 0.3) is 0 Å². The zero-order chi connectivity index (χ0) is 23.3. The molecule has 0 saturated carbocycles. The molecular weight excluding hydrogens is 409 g/mol. The highest BCUT2D eigenvalue weighted by Gasteiger charge is 2.24. The Balaban J connectivity index is 1.55. The second-order valence-corrected chi connectivity index (χ2v) is 9.53. The van der Waals surface area contributed by atoms with Crippen LogP contribution >= 0.6 is 0 Å². The van der Waals surface area contributed by atoms with Gasteiger partial charge in [0, 0.05) is 50.5 Å². The lowest BCUT2D eigenvalue weighted by atomic mass is 10.0. The summed E-state index contributed by atoms with van der Waals surface area (Å²) in [4.78, 5) is 21.4. The Hall–Kier alpha value is -1.90. The second-order valence-electron chi connectivity index (χ2n) is 9.53. The number of halogens is 1. The predicted molar refractivity (Wildman–Crippen MR) is 127 cm³/mol. The fraction of sp³-hybridized carbons (Fsp3) is 0.708. The monoisotopic (exact) mass is 449 g/mol. The van der Waals surface area contributed by atoms with Crippen molar-refractivity contribution in [2.75, 3.05) is 65.3 Å². The van der Waals surface area contributed by atoms with Gasteiger partial charge in [-0.15, -0.1) is 0 Å². The number of aliphatic hydroxyl groups is 1. The predicted octanol–water partition coefficient (Wildman–Crippen LogP) is 2.52. The molecule has 0 aliphatic carbocycles. The lowest BCUT2D eigenvalue weighted by Crippen LogP contribution is -2.46. The number of piperidine rings is 2. The van der Waals surface area contributed by atoms with Crippen molar-refractivity contribution in [1.82, 2.24) is 20.0 Å². The first-order valence-corrected chi connectivity index (χ1v) is 11.9. The maximum atomic E-state index is 14.1. The van der Waals surface area contributed by atoms with Gasteiger partial charge in [-0.1, -0.05) is 0 Å². The number of hydrogen-bond donors (Lipinski definition) is 2. The van der Waals surface area contributed by atoms with Gasteiger partial charge in [0.2, 0.25) is 0 Å². The molecule has 0 radical (unpaired) electrons. The Morgan fingerprint density at radius 1 is 1.16 bits per heavy atom. The Morgan fingerprint density at radius 2 is 1.81 bits per heavy atom. The molecule has 1 aromatic rings. The van der Waals surface area contributed by atoms with Crippen molar-refractivity contribution in [3.8, 4) is 0 Å². The summed E-state index contributed by atoms with van der Waals surface area (Å²) < 4.78 is 14.1. The molecule has 7 nitrogen and oxygen atoms in total. The number of nitrogens with zero attached hydrogens (tertiary/aromatic N) is 4. The Morgan fingerprint density at radius 3 is 2.47 bits per heavy atom. The van der Waals surface area contributed by atoms with E-state index in [1.807, 2.05) is 14.0 Å². The summed E-state index contributed by atoms with van der Waals surface area (Å²) >= 11 is 0. The zero-order valence-corrected chi connectivity index (χ0v) is 20.1. The highest BCUT2D eigenvalue weighted by Crippen LogP contribution is 2.30. The van der Waals surface area contributed by atoms with Crippen molar-refractivity contribution in [2.24, 2.45) is 0 Å². The maximum absolute atomic E-state index is 14.1. The minimum absolute atomic E-state index is 0.154. The number of likely N-dealkylation sites (N-methyl/N-ethyl adjacent to an activating group) is 2. The number of aliphatic hydroxyl groups excluding tert-OH is 1. The Labute approximate surface area is 192 Å². The summed E-state index contributed by atoms with van der Waals surface area (Å²) in [7, 11) is 6.11. The molecule has 1 unspecified atom stereocenters. The van der Waals surface area contributed by atoms with E-state index in [0.717, 1.165) is 56.8 Å². The van der Waals surface area contributed by atoms with Crippen LogP contribution in [0.15, 0.2) is 18.2 Å². The number of amides is 2. The van der Waals surface area contributed by atoms with Crippen LogP contribution in [-0.2, 0) is 0 Å². The van der Waals surface area contributed by atoms with E-state index in [-0.39, 0.29) is 24.0 Å². The van der Waals surface area contributed by atoms with E-state index in [1.54, 1.807) is 11.0 Å². The first-order valence-electron chi connectivity index (χ1n) is 11.9. The van der Waals surface area contributed by atoms with Gasteiger partial charge in [0.15, 0.2) is 0 Å². The summed E-state index contributed by atoms with van der Waals surface area (Å²) in [6, 6.07) is 4.85. The van der Waals surface area contributed by atoms with E-state index < -0.39 is 0 Å². The molecule has 1 atom stereocenters. The van der Waals surface area contributed by atoms with E-state index in [2.05, 4.69) is 34.1 Å². The van der Waals surface area contributed by atoms with Crippen LogP contribution in [0.4, 0.5) is 14.9 Å². The molecule has 3 rings (SSSR count). The van der Waals surface area contributed by atoms with Crippen LogP contribution in [0, 0.1) is 5.82 Å². The van der Waals surface area contributed by atoms with Crippen molar-refractivity contribution in [3.05, 3.63) is 29.6 Å². The number of carbonyl (C=O) groups excluding carboxylic acids is 1. The van der Waals surface area contributed by atoms with Gasteiger partial charge < -0.3 is 30.0 Å². The molecule has 180 valence electrons. The molecule has 0 spiro atoms. The van der Waals surface area contributed by atoms with Crippen molar-refractivity contribution in [3.63, 3.8) is 0 Å². The van der Waals surface area contributed by atoms with Crippen LogP contribution in [0.1, 0.15) is 44.2 Å². The normalized spacial score (nSPS) is 19.9. The lowest BCUT2D eigenvalue weighted by molar-refractivity contribution is 0.134. The minimum Gasteiger partial charge on any atom is -0.393 e. The van der Waals surface area contributed by atoms with Gasteiger partial charge in [-0.05, 0) is 78.0 Å². The quantitative estimate of drug-likeness (QED) is 0.670. The number of hydrogen-bond acceptors (Lipinski definition) is 5. The van der Waals surface area contributed by atoms with Gasteiger partial charge in [0.05, 0.1) is 12.1 Å². The number of anilines is 1. The number of rotatable bonds is 7. The summed E-state index contributed by atoms with van der Waals surface area (Å²) in [6.45, 7) is 7.06. The standard InChI is InChI=1S/C24H40FN5O2/c1-18(22-17-19(25)5-6-23(22)30-13-9-21(31)10-14-30)26-24(32)29(4)16-15-28(3)20-7-11-27(2)12-8-20/h5-6,17-18,20-21,31H,7-16H2,1-4H3,(H,26,32). The highest BCUT2D eigenvalue weighted by molar-refractivity contribution is 5.75. The van der Waals surface area contributed by atoms with Gasteiger partial charge in [-0.2, -0.15) is 0 Å². The van der Waals surface area contributed by atoms with Crippen molar-refractivity contribution in [2.45, 2.75) is 50.8 Å². The molecule has 2 saturated heterocycles. The van der Waals surface area contributed by atoms with Gasteiger partial charge in [-0.25, -0.2) is 9.18 Å². The second kappa shape index (κ2) is 11.3. The molecule has 8 heteroatoms. The number of carbonyl (C=O) groups is 1. The summed E-state index contributed by atoms with van der Waals surface area (Å²) in [5.41, 5.74) is 1.70. The Bertz CT molecular complexity index is 748. The van der Waals surface area contributed by atoms with Crippen LogP contribution < -0.4 is 10.2 Å². The molecule has 32 heavy (non-hydrogen) atoms. The summed E-state index contributed by atoms with van der Waals surface area (Å²) in [5, 5.41) is 12.8. The SMILES string of the molecule is CC(NC(=O)N(C)CCN(C)C1CCN(C)CC1)c1cc(F)ccc1N1CCC(O)CC1. The van der Waals surface area contributed by atoms with Crippen LogP contribution in [-0.4, -0.2) is 98.4 Å². The van der Waals surface area contributed by atoms with Crippen molar-refractivity contribution >= 4 is 11.7 Å². The summed E-state index contributed by atoms with van der Waals surface area (Å²) in [5.74, 6) is -0.310. The van der Waals surface area contributed by atoms with Crippen LogP contribution in [0.3, 0.4) is 0 Å². The average molecular weight is 450 g/mol. The molecule has 2 N–H and O–H groups in total. The van der Waals surface area contributed by atoms with Gasteiger partial charge >= 0.3 is 6.03 Å². The third-order valence-corrected chi connectivity index (χ3v) is 7.05. The first kappa shape index (κ1) is 24.7. The molecule has 2 fully saturated rings. The largest absolute Gasteiger partial charge is 0.393 e. The molecule has 2 heterocycles. The van der Waals surface area contributed by atoms with Crippen LogP contribution in [0.2, 0.25) is 0 Å². The molecule has 0 aromatic heterocycles. The molecule has 0 bridgehead atoms. The highest BCUT2D eigenvalue weighted by atomic mass is 19.1. The Kier molecular flexibility index (Phi) is 8.73. The smallest absolute Gasteiger partial charge is 0.317 e. The molecule has 2 aliphatic rings. The lowest BCUT2D eigenvalue weighted by Gasteiger charge is -2.36. The number of urea groups is 1. The fourth-order valence-electron chi connectivity index (χ4n) is 4.67. The van der Waals surface area contributed by atoms with Crippen molar-refractivity contribution in [1.29, 1.82) is 0 Å². The third kappa shape index (κ3) is 6.56. The zero-order valence-electron chi connectivity index (χ0n) is 20.1. The number of nitrogens with one attached hydrogen (secondary N) is 1. The molecule has 1 aromatic carbocycles. The van der Waals surface area contributed by atoms with Crippen molar-refractivity contribution < 1.29 is 14.3 Å².